The summed E-state index contributed by atoms with van der Waals surface area (Å²) in [5.41, 5.74) is 2.01. The van der Waals surface area contributed by atoms with Gasteiger partial charge in [-0.05, 0) is 63.3 Å². The molecule has 20 heavy (non-hydrogen) atoms. The zero-order chi connectivity index (χ0) is 14.4. The summed E-state index contributed by atoms with van der Waals surface area (Å²) >= 11 is 1.99. The van der Waals surface area contributed by atoms with Gasteiger partial charge in [-0.1, -0.05) is 20.8 Å². The highest BCUT2D eigenvalue weighted by Crippen LogP contribution is 2.47. The highest BCUT2D eigenvalue weighted by atomic mass is 32.1. The van der Waals surface area contributed by atoms with E-state index in [1.165, 1.54) is 55.6 Å². The van der Waals surface area contributed by atoms with E-state index in [2.05, 4.69) is 33.1 Å². The van der Waals surface area contributed by atoms with Gasteiger partial charge in [0.25, 0.3) is 0 Å². The lowest BCUT2D eigenvalue weighted by Gasteiger charge is -2.43. The molecule has 3 rings (SSSR count). The SMILES string of the molecule is CNC1(c2nc3c(s2)CCC3)CCC(C(C)(C)C)CC1. The highest BCUT2D eigenvalue weighted by molar-refractivity contribution is 7.12. The molecule has 0 unspecified atom stereocenters. The average Bonchev–Trinajstić information content (AvgIpc) is 2.98. The minimum atomic E-state index is 0.163. The zero-order valence-electron chi connectivity index (χ0n) is 13.4. The van der Waals surface area contributed by atoms with Crippen molar-refractivity contribution >= 4 is 11.3 Å². The Bertz CT molecular complexity index is 454. The standard InChI is InChI=1S/C17H28N2S/c1-16(2,3)12-8-10-17(18-4,11-9-12)15-19-13-6-5-7-14(13)20-15/h12,18H,5-11H2,1-4H3. The molecule has 0 amide bonds. The van der Waals surface area contributed by atoms with Gasteiger partial charge in [-0.25, -0.2) is 4.98 Å². The van der Waals surface area contributed by atoms with E-state index < -0.39 is 0 Å². The predicted octanol–water partition coefficient (Wildman–Crippen LogP) is 4.28. The number of aryl methyl sites for hydroxylation is 2. The molecule has 0 atom stereocenters. The smallest absolute Gasteiger partial charge is 0.113 e. The van der Waals surface area contributed by atoms with Crippen LogP contribution in [-0.2, 0) is 18.4 Å². The van der Waals surface area contributed by atoms with E-state index in [0.717, 1.165) is 5.92 Å². The first-order valence-corrected chi connectivity index (χ1v) is 8.94. The van der Waals surface area contributed by atoms with E-state index in [0.29, 0.717) is 5.41 Å². The van der Waals surface area contributed by atoms with Gasteiger partial charge in [0.15, 0.2) is 0 Å². The number of hydrogen-bond acceptors (Lipinski definition) is 3. The van der Waals surface area contributed by atoms with Crippen LogP contribution in [0.5, 0.6) is 0 Å². The number of fused-ring (bicyclic) bond motifs is 1. The van der Waals surface area contributed by atoms with Gasteiger partial charge in [0.1, 0.15) is 5.01 Å². The van der Waals surface area contributed by atoms with E-state index in [9.17, 15) is 0 Å². The van der Waals surface area contributed by atoms with Gasteiger partial charge in [0.2, 0.25) is 0 Å². The van der Waals surface area contributed by atoms with Crippen LogP contribution < -0.4 is 5.32 Å². The van der Waals surface area contributed by atoms with Gasteiger partial charge < -0.3 is 5.32 Å². The first-order valence-electron chi connectivity index (χ1n) is 8.12. The minimum absolute atomic E-state index is 0.163. The molecule has 0 saturated heterocycles. The van der Waals surface area contributed by atoms with Crippen LogP contribution in [-0.4, -0.2) is 12.0 Å². The van der Waals surface area contributed by atoms with Crippen molar-refractivity contribution in [2.75, 3.05) is 7.05 Å². The van der Waals surface area contributed by atoms with E-state index >= 15 is 0 Å². The fourth-order valence-electron chi connectivity index (χ4n) is 3.94. The van der Waals surface area contributed by atoms with Crippen LogP contribution in [0.3, 0.4) is 0 Å². The van der Waals surface area contributed by atoms with E-state index in [4.69, 9.17) is 4.98 Å². The summed E-state index contributed by atoms with van der Waals surface area (Å²) in [7, 11) is 2.13. The number of aromatic nitrogens is 1. The third kappa shape index (κ3) is 2.43. The van der Waals surface area contributed by atoms with E-state index in [1.54, 1.807) is 4.88 Å². The Morgan fingerprint density at radius 2 is 1.90 bits per heavy atom. The maximum atomic E-state index is 5.00. The molecule has 112 valence electrons. The summed E-state index contributed by atoms with van der Waals surface area (Å²) in [4.78, 5) is 6.56. The molecule has 0 bridgehead atoms. The quantitative estimate of drug-likeness (QED) is 0.880. The Morgan fingerprint density at radius 1 is 1.20 bits per heavy atom. The van der Waals surface area contributed by atoms with Gasteiger partial charge in [-0.15, -0.1) is 11.3 Å². The van der Waals surface area contributed by atoms with Gasteiger partial charge in [-0.3, -0.25) is 0 Å². The molecule has 1 aromatic rings. The maximum Gasteiger partial charge on any atom is 0.113 e. The fourth-order valence-corrected chi connectivity index (χ4v) is 5.35. The molecule has 0 radical (unpaired) electrons. The van der Waals surface area contributed by atoms with Crippen molar-refractivity contribution in [2.45, 2.75) is 71.3 Å². The average molecular weight is 292 g/mol. The Labute approximate surface area is 127 Å². The molecule has 1 N–H and O–H groups in total. The Kier molecular flexibility index (Phi) is 3.70. The molecule has 3 heteroatoms. The monoisotopic (exact) mass is 292 g/mol. The number of hydrogen-bond donors (Lipinski definition) is 1. The van der Waals surface area contributed by atoms with Crippen LogP contribution in [0.25, 0.3) is 0 Å². The molecule has 2 nitrogen and oxygen atoms in total. The fraction of sp³-hybridized carbons (Fsp3) is 0.824. The summed E-state index contributed by atoms with van der Waals surface area (Å²) < 4.78 is 0. The minimum Gasteiger partial charge on any atom is -0.308 e. The molecular weight excluding hydrogens is 264 g/mol. The van der Waals surface area contributed by atoms with Crippen molar-refractivity contribution in [3.63, 3.8) is 0 Å². The van der Waals surface area contributed by atoms with Crippen LogP contribution in [0.15, 0.2) is 0 Å². The highest BCUT2D eigenvalue weighted by Gasteiger charge is 2.41. The summed E-state index contributed by atoms with van der Waals surface area (Å²) in [5, 5.41) is 5.01. The van der Waals surface area contributed by atoms with Gasteiger partial charge >= 0.3 is 0 Å². The summed E-state index contributed by atoms with van der Waals surface area (Å²) in [6.07, 6.45) is 8.93. The van der Waals surface area contributed by atoms with Crippen molar-refractivity contribution in [1.29, 1.82) is 0 Å². The number of nitrogens with one attached hydrogen (secondary N) is 1. The first-order chi connectivity index (χ1) is 9.44. The molecule has 2 aliphatic rings. The Hall–Kier alpha value is -0.410. The molecule has 0 aliphatic heterocycles. The third-order valence-corrected chi connectivity index (χ3v) is 6.91. The van der Waals surface area contributed by atoms with E-state index in [-0.39, 0.29) is 5.54 Å². The van der Waals surface area contributed by atoms with Crippen LogP contribution in [0.4, 0.5) is 0 Å². The third-order valence-electron chi connectivity index (χ3n) is 5.55. The maximum absolute atomic E-state index is 5.00. The van der Waals surface area contributed by atoms with Crippen molar-refractivity contribution in [2.24, 2.45) is 11.3 Å². The number of nitrogens with zero attached hydrogens (tertiary/aromatic N) is 1. The summed E-state index contributed by atoms with van der Waals surface area (Å²) in [6, 6.07) is 0. The lowest BCUT2D eigenvalue weighted by atomic mass is 9.67. The molecule has 0 spiro atoms. The van der Waals surface area contributed by atoms with Gasteiger partial charge in [0.05, 0.1) is 11.2 Å². The second kappa shape index (κ2) is 5.10. The van der Waals surface area contributed by atoms with Crippen molar-refractivity contribution in [3.05, 3.63) is 15.6 Å². The zero-order valence-corrected chi connectivity index (χ0v) is 14.2. The second-order valence-corrected chi connectivity index (χ2v) is 8.80. The second-order valence-electron chi connectivity index (χ2n) is 7.71. The lowest BCUT2D eigenvalue weighted by molar-refractivity contribution is 0.117. The first kappa shape index (κ1) is 14.5. The van der Waals surface area contributed by atoms with Gasteiger partial charge in [-0.2, -0.15) is 0 Å². The van der Waals surface area contributed by atoms with Crippen LogP contribution >= 0.6 is 11.3 Å². The van der Waals surface area contributed by atoms with Crippen LogP contribution in [0.2, 0.25) is 0 Å². The summed E-state index contributed by atoms with van der Waals surface area (Å²) in [5.74, 6) is 0.857. The number of rotatable bonds is 2. The molecule has 1 saturated carbocycles. The van der Waals surface area contributed by atoms with Crippen LogP contribution in [0.1, 0.15) is 68.5 Å². The predicted molar refractivity (Wildman–Crippen MR) is 86.3 cm³/mol. The Balaban J connectivity index is 1.79. The molecular formula is C17H28N2S. The normalized spacial score (nSPS) is 30.5. The molecule has 2 aliphatic carbocycles. The van der Waals surface area contributed by atoms with Crippen molar-refractivity contribution in [3.8, 4) is 0 Å². The van der Waals surface area contributed by atoms with Gasteiger partial charge in [0, 0.05) is 4.88 Å². The van der Waals surface area contributed by atoms with Crippen LogP contribution in [0, 0.1) is 11.3 Å². The van der Waals surface area contributed by atoms with Crippen molar-refractivity contribution in [1.82, 2.24) is 10.3 Å². The lowest BCUT2D eigenvalue weighted by Crippen LogP contribution is -2.44. The largest absolute Gasteiger partial charge is 0.308 e. The van der Waals surface area contributed by atoms with Crippen molar-refractivity contribution < 1.29 is 0 Å². The molecule has 0 aromatic carbocycles. The van der Waals surface area contributed by atoms with E-state index in [1.807, 2.05) is 11.3 Å². The topological polar surface area (TPSA) is 24.9 Å². The molecule has 1 aromatic heterocycles. The molecule has 1 fully saturated rings. The molecule has 1 heterocycles. The number of thiazole rings is 1. The summed E-state index contributed by atoms with van der Waals surface area (Å²) in [6.45, 7) is 7.17. The Morgan fingerprint density at radius 3 is 2.45 bits per heavy atom.